The summed E-state index contributed by atoms with van der Waals surface area (Å²) in [6.45, 7) is 2.09. The van der Waals surface area contributed by atoms with Gasteiger partial charge in [0, 0.05) is 16.6 Å². The van der Waals surface area contributed by atoms with Gasteiger partial charge in [0.15, 0.2) is 0 Å². The molecule has 1 aliphatic rings. The van der Waals surface area contributed by atoms with Crippen LogP contribution in [-0.2, 0) is 6.42 Å². The first-order valence-corrected chi connectivity index (χ1v) is 7.72. The number of benzene rings is 2. The fourth-order valence-corrected chi connectivity index (χ4v) is 3.34. The van der Waals surface area contributed by atoms with Crippen molar-refractivity contribution in [2.45, 2.75) is 31.8 Å². The van der Waals surface area contributed by atoms with Crippen molar-refractivity contribution in [2.24, 2.45) is 0 Å². The van der Waals surface area contributed by atoms with E-state index < -0.39 is 0 Å². The Kier molecular flexibility index (Phi) is 3.90. The standard InChI is InChI=1S/C17H17BrFN/c1-11(12-3-2-4-15(19)10-12)20-17-8-5-13-9-14(18)6-7-16(13)17/h2-4,6-7,9-11,17,20H,5,8H2,1H3. The normalized spacial score (nSPS) is 18.9. The predicted molar refractivity (Wildman–Crippen MR) is 83.2 cm³/mol. The Hall–Kier alpha value is -1.19. The van der Waals surface area contributed by atoms with E-state index in [1.54, 1.807) is 12.1 Å². The van der Waals surface area contributed by atoms with Crippen LogP contribution in [0.2, 0.25) is 0 Å². The van der Waals surface area contributed by atoms with Gasteiger partial charge in [-0.25, -0.2) is 4.39 Å². The maximum absolute atomic E-state index is 13.3. The van der Waals surface area contributed by atoms with Gasteiger partial charge in [-0.1, -0.05) is 34.1 Å². The van der Waals surface area contributed by atoms with Crippen molar-refractivity contribution in [1.82, 2.24) is 5.32 Å². The van der Waals surface area contributed by atoms with Crippen molar-refractivity contribution < 1.29 is 4.39 Å². The zero-order valence-corrected chi connectivity index (χ0v) is 13.0. The van der Waals surface area contributed by atoms with E-state index in [1.165, 1.54) is 17.2 Å². The molecule has 3 heteroatoms. The Morgan fingerprint density at radius 3 is 2.90 bits per heavy atom. The minimum Gasteiger partial charge on any atom is -0.303 e. The number of fused-ring (bicyclic) bond motifs is 1. The van der Waals surface area contributed by atoms with Crippen LogP contribution in [0.15, 0.2) is 46.9 Å². The zero-order chi connectivity index (χ0) is 14.1. The molecule has 0 aliphatic heterocycles. The highest BCUT2D eigenvalue weighted by Gasteiger charge is 2.24. The number of halogens is 2. The Labute approximate surface area is 127 Å². The second-order valence-electron chi connectivity index (χ2n) is 5.38. The summed E-state index contributed by atoms with van der Waals surface area (Å²) in [4.78, 5) is 0. The molecular formula is C17H17BrFN. The van der Waals surface area contributed by atoms with E-state index in [1.807, 2.05) is 6.07 Å². The van der Waals surface area contributed by atoms with Gasteiger partial charge in [-0.15, -0.1) is 0 Å². The molecule has 20 heavy (non-hydrogen) atoms. The lowest BCUT2D eigenvalue weighted by Gasteiger charge is -2.21. The fraction of sp³-hybridized carbons (Fsp3) is 0.294. The van der Waals surface area contributed by atoms with Gasteiger partial charge >= 0.3 is 0 Å². The fourth-order valence-electron chi connectivity index (χ4n) is 2.93. The van der Waals surface area contributed by atoms with Crippen LogP contribution in [0.1, 0.15) is 42.1 Å². The molecule has 1 aliphatic carbocycles. The third kappa shape index (κ3) is 2.79. The van der Waals surface area contributed by atoms with Crippen LogP contribution >= 0.6 is 15.9 Å². The molecule has 2 aromatic carbocycles. The highest BCUT2D eigenvalue weighted by molar-refractivity contribution is 9.10. The molecule has 104 valence electrons. The largest absolute Gasteiger partial charge is 0.303 e. The first-order chi connectivity index (χ1) is 9.63. The minimum atomic E-state index is -0.174. The molecule has 0 fully saturated rings. The van der Waals surface area contributed by atoms with E-state index in [9.17, 15) is 4.39 Å². The molecule has 0 saturated heterocycles. The van der Waals surface area contributed by atoms with E-state index >= 15 is 0 Å². The average molecular weight is 334 g/mol. The molecule has 2 aromatic rings. The minimum absolute atomic E-state index is 0.144. The second kappa shape index (κ2) is 5.66. The van der Waals surface area contributed by atoms with Crippen LogP contribution in [0.4, 0.5) is 4.39 Å². The topological polar surface area (TPSA) is 12.0 Å². The van der Waals surface area contributed by atoms with Crippen molar-refractivity contribution >= 4 is 15.9 Å². The lowest BCUT2D eigenvalue weighted by atomic mass is 10.0. The van der Waals surface area contributed by atoms with Gasteiger partial charge in [-0.2, -0.15) is 0 Å². The second-order valence-corrected chi connectivity index (χ2v) is 6.29. The summed E-state index contributed by atoms with van der Waals surface area (Å²) >= 11 is 3.52. The Morgan fingerprint density at radius 1 is 1.25 bits per heavy atom. The van der Waals surface area contributed by atoms with Crippen molar-refractivity contribution in [3.8, 4) is 0 Å². The van der Waals surface area contributed by atoms with E-state index in [2.05, 4.69) is 46.4 Å². The van der Waals surface area contributed by atoms with Gasteiger partial charge in [0.05, 0.1) is 0 Å². The van der Waals surface area contributed by atoms with Crippen LogP contribution in [0.25, 0.3) is 0 Å². The highest BCUT2D eigenvalue weighted by Crippen LogP contribution is 2.34. The maximum Gasteiger partial charge on any atom is 0.123 e. The molecule has 0 bridgehead atoms. The molecule has 0 heterocycles. The third-order valence-corrected chi connectivity index (χ3v) is 4.48. The summed E-state index contributed by atoms with van der Waals surface area (Å²) in [7, 11) is 0. The summed E-state index contributed by atoms with van der Waals surface area (Å²) in [5, 5.41) is 3.62. The summed E-state index contributed by atoms with van der Waals surface area (Å²) in [5.74, 6) is -0.174. The number of aryl methyl sites for hydroxylation is 1. The first kappa shape index (κ1) is 13.8. The number of nitrogens with one attached hydrogen (secondary N) is 1. The molecule has 2 atom stereocenters. The van der Waals surface area contributed by atoms with Gasteiger partial charge in [0.1, 0.15) is 5.82 Å². The molecular weight excluding hydrogens is 317 g/mol. The Morgan fingerprint density at radius 2 is 2.10 bits per heavy atom. The number of hydrogen-bond acceptors (Lipinski definition) is 1. The molecule has 1 N–H and O–H groups in total. The summed E-state index contributed by atoms with van der Waals surface area (Å²) in [6, 6.07) is 13.8. The quantitative estimate of drug-likeness (QED) is 0.839. The summed E-state index contributed by atoms with van der Waals surface area (Å²) in [5.41, 5.74) is 3.77. The van der Waals surface area contributed by atoms with Crippen LogP contribution in [0.5, 0.6) is 0 Å². The first-order valence-electron chi connectivity index (χ1n) is 6.93. The van der Waals surface area contributed by atoms with Gasteiger partial charge in [-0.3, -0.25) is 0 Å². The molecule has 1 nitrogen and oxygen atoms in total. The molecule has 2 unspecified atom stereocenters. The van der Waals surface area contributed by atoms with Gasteiger partial charge in [0.25, 0.3) is 0 Å². The average Bonchev–Trinajstić information content (AvgIpc) is 2.81. The molecule has 0 amide bonds. The SMILES string of the molecule is CC(NC1CCc2cc(Br)ccc21)c1cccc(F)c1. The third-order valence-electron chi connectivity index (χ3n) is 3.98. The Balaban J connectivity index is 1.77. The van der Waals surface area contributed by atoms with Gasteiger partial charge in [0.2, 0.25) is 0 Å². The molecule has 3 rings (SSSR count). The van der Waals surface area contributed by atoms with Crippen LogP contribution in [-0.4, -0.2) is 0 Å². The van der Waals surface area contributed by atoms with Crippen molar-refractivity contribution in [2.75, 3.05) is 0 Å². The van der Waals surface area contributed by atoms with Crippen LogP contribution in [0.3, 0.4) is 0 Å². The molecule has 0 spiro atoms. The Bertz CT molecular complexity index is 626. The molecule has 0 aromatic heterocycles. The predicted octanol–water partition coefficient (Wildman–Crippen LogP) is 4.93. The van der Waals surface area contributed by atoms with Gasteiger partial charge in [-0.05, 0) is 60.7 Å². The number of rotatable bonds is 3. The van der Waals surface area contributed by atoms with Crippen LogP contribution < -0.4 is 5.32 Å². The van der Waals surface area contributed by atoms with Crippen LogP contribution in [0, 0.1) is 5.82 Å². The van der Waals surface area contributed by atoms with Crippen molar-refractivity contribution in [1.29, 1.82) is 0 Å². The molecule has 0 radical (unpaired) electrons. The van der Waals surface area contributed by atoms with E-state index in [4.69, 9.17) is 0 Å². The molecule has 0 saturated carbocycles. The summed E-state index contributed by atoms with van der Waals surface area (Å²) < 4.78 is 14.4. The zero-order valence-electron chi connectivity index (χ0n) is 11.4. The van der Waals surface area contributed by atoms with E-state index in [-0.39, 0.29) is 11.9 Å². The monoisotopic (exact) mass is 333 g/mol. The summed E-state index contributed by atoms with van der Waals surface area (Å²) in [6.07, 6.45) is 2.20. The highest BCUT2D eigenvalue weighted by atomic mass is 79.9. The van der Waals surface area contributed by atoms with E-state index in [0.717, 1.165) is 22.9 Å². The van der Waals surface area contributed by atoms with Crippen molar-refractivity contribution in [3.05, 3.63) is 69.4 Å². The smallest absolute Gasteiger partial charge is 0.123 e. The van der Waals surface area contributed by atoms with Gasteiger partial charge < -0.3 is 5.32 Å². The maximum atomic E-state index is 13.3. The number of hydrogen-bond donors (Lipinski definition) is 1. The lowest BCUT2D eigenvalue weighted by molar-refractivity contribution is 0.463. The lowest BCUT2D eigenvalue weighted by Crippen LogP contribution is -2.23. The van der Waals surface area contributed by atoms with Crippen molar-refractivity contribution in [3.63, 3.8) is 0 Å². The van der Waals surface area contributed by atoms with E-state index in [0.29, 0.717) is 6.04 Å².